The van der Waals surface area contributed by atoms with Gasteiger partial charge in [-0.1, -0.05) is 31.6 Å². The Hall–Kier alpha value is -1.86. The molecular formula is C17H22FNO2. The van der Waals surface area contributed by atoms with E-state index in [1.54, 1.807) is 0 Å². The van der Waals surface area contributed by atoms with Crippen LogP contribution in [0, 0.1) is 17.7 Å². The van der Waals surface area contributed by atoms with Gasteiger partial charge in [0.15, 0.2) is 0 Å². The number of benzene rings is 1. The van der Waals surface area contributed by atoms with Crippen molar-refractivity contribution in [1.82, 2.24) is 5.32 Å². The van der Waals surface area contributed by atoms with Gasteiger partial charge in [0.2, 0.25) is 0 Å². The summed E-state index contributed by atoms with van der Waals surface area (Å²) in [6.45, 7) is 4.00. The van der Waals surface area contributed by atoms with Crippen LogP contribution in [0.25, 0.3) is 0 Å². The standard InChI is InChI=1S/C17H22FNO2/c1-3-4-7-13(2)19-17(21)16-10-9-15(18)12-14(16)8-5-6-11-20/h9-10,12-13,20H,3-4,6-7,11H2,1-2H3,(H,19,21). The fourth-order valence-electron chi connectivity index (χ4n) is 1.92. The van der Waals surface area contributed by atoms with E-state index < -0.39 is 5.82 Å². The lowest BCUT2D eigenvalue weighted by Crippen LogP contribution is -2.33. The van der Waals surface area contributed by atoms with Crippen molar-refractivity contribution >= 4 is 5.91 Å². The largest absolute Gasteiger partial charge is 0.395 e. The minimum absolute atomic E-state index is 0.0576. The Balaban J connectivity index is 2.86. The first-order chi connectivity index (χ1) is 10.1. The van der Waals surface area contributed by atoms with Gasteiger partial charge in [-0.2, -0.15) is 0 Å². The Labute approximate surface area is 125 Å². The highest BCUT2D eigenvalue weighted by molar-refractivity contribution is 5.96. The van der Waals surface area contributed by atoms with Gasteiger partial charge in [-0.05, 0) is 31.5 Å². The first kappa shape index (κ1) is 17.2. The van der Waals surface area contributed by atoms with E-state index in [1.165, 1.54) is 18.2 Å². The number of hydrogen-bond acceptors (Lipinski definition) is 2. The molecule has 2 N–H and O–H groups in total. The molecule has 1 aromatic carbocycles. The molecule has 1 atom stereocenters. The first-order valence-corrected chi connectivity index (χ1v) is 7.28. The van der Waals surface area contributed by atoms with Crippen molar-refractivity contribution in [2.24, 2.45) is 0 Å². The minimum atomic E-state index is -0.432. The number of amides is 1. The smallest absolute Gasteiger partial charge is 0.252 e. The average Bonchev–Trinajstić information content (AvgIpc) is 2.45. The molecule has 0 aliphatic rings. The summed E-state index contributed by atoms with van der Waals surface area (Å²) in [5, 5.41) is 11.6. The Bertz CT molecular complexity index is 531. The molecule has 1 amide bonds. The van der Waals surface area contributed by atoms with Crippen LogP contribution >= 0.6 is 0 Å². The van der Waals surface area contributed by atoms with Crippen LogP contribution in [0.4, 0.5) is 4.39 Å². The molecule has 0 heterocycles. The summed E-state index contributed by atoms with van der Waals surface area (Å²) in [5.74, 6) is 4.78. The van der Waals surface area contributed by atoms with Gasteiger partial charge in [-0.25, -0.2) is 4.39 Å². The lowest BCUT2D eigenvalue weighted by atomic mass is 10.1. The molecule has 3 nitrogen and oxygen atoms in total. The third-order valence-corrected chi connectivity index (χ3v) is 3.05. The Morgan fingerprint density at radius 1 is 1.48 bits per heavy atom. The summed E-state index contributed by atoms with van der Waals surface area (Å²) in [4.78, 5) is 12.2. The molecule has 0 radical (unpaired) electrons. The SMILES string of the molecule is CCCCC(C)NC(=O)c1ccc(F)cc1C#CCCO. The molecule has 4 heteroatoms. The van der Waals surface area contributed by atoms with Crippen molar-refractivity contribution in [3.63, 3.8) is 0 Å². The van der Waals surface area contributed by atoms with Crippen LogP contribution in [0.3, 0.4) is 0 Å². The summed E-state index contributed by atoms with van der Waals surface area (Å²) in [5.41, 5.74) is 0.717. The second kappa shape index (κ2) is 9.15. The number of halogens is 1. The van der Waals surface area contributed by atoms with Crippen LogP contribution in [0.5, 0.6) is 0 Å². The van der Waals surface area contributed by atoms with E-state index in [9.17, 15) is 9.18 Å². The highest BCUT2D eigenvalue weighted by Crippen LogP contribution is 2.11. The maximum absolute atomic E-state index is 13.3. The van der Waals surface area contributed by atoms with Crippen LogP contribution < -0.4 is 5.32 Å². The van der Waals surface area contributed by atoms with E-state index >= 15 is 0 Å². The molecule has 0 aliphatic heterocycles. The number of nitrogens with one attached hydrogen (secondary N) is 1. The Morgan fingerprint density at radius 3 is 2.90 bits per heavy atom. The molecule has 1 rings (SSSR count). The van der Waals surface area contributed by atoms with Crippen LogP contribution in [0.15, 0.2) is 18.2 Å². The van der Waals surface area contributed by atoms with Gasteiger partial charge in [0, 0.05) is 18.0 Å². The van der Waals surface area contributed by atoms with Crippen molar-refractivity contribution in [2.45, 2.75) is 45.6 Å². The molecule has 1 aromatic rings. The molecule has 0 aliphatic carbocycles. The van der Waals surface area contributed by atoms with Crippen molar-refractivity contribution in [1.29, 1.82) is 0 Å². The highest BCUT2D eigenvalue weighted by Gasteiger charge is 2.13. The summed E-state index contributed by atoms with van der Waals surface area (Å²) in [7, 11) is 0. The normalized spacial score (nSPS) is 11.4. The fraction of sp³-hybridized carbons (Fsp3) is 0.471. The molecule has 0 fully saturated rings. The molecule has 21 heavy (non-hydrogen) atoms. The first-order valence-electron chi connectivity index (χ1n) is 7.28. The molecular weight excluding hydrogens is 269 g/mol. The molecule has 114 valence electrons. The fourth-order valence-corrected chi connectivity index (χ4v) is 1.92. The summed E-state index contributed by atoms with van der Waals surface area (Å²) < 4.78 is 13.3. The van der Waals surface area contributed by atoms with Crippen molar-refractivity contribution in [3.05, 3.63) is 35.1 Å². The molecule has 0 saturated heterocycles. The number of unbranched alkanes of at least 4 members (excludes halogenated alkanes) is 1. The van der Waals surface area contributed by atoms with Gasteiger partial charge in [0.05, 0.1) is 12.2 Å². The number of hydrogen-bond donors (Lipinski definition) is 2. The third-order valence-electron chi connectivity index (χ3n) is 3.05. The van der Waals surface area contributed by atoms with Gasteiger partial charge in [-0.3, -0.25) is 4.79 Å². The predicted molar refractivity (Wildman–Crippen MR) is 81.4 cm³/mol. The number of aliphatic hydroxyl groups excluding tert-OH is 1. The predicted octanol–water partition coefficient (Wildman–Crippen LogP) is 2.87. The number of rotatable bonds is 6. The number of aliphatic hydroxyl groups is 1. The summed E-state index contributed by atoms with van der Waals surface area (Å²) >= 11 is 0. The van der Waals surface area contributed by atoms with E-state index in [0.29, 0.717) is 17.5 Å². The van der Waals surface area contributed by atoms with Crippen LogP contribution in [-0.2, 0) is 0 Å². The zero-order valence-corrected chi connectivity index (χ0v) is 12.6. The van der Waals surface area contributed by atoms with Crippen LogP contribution in [0.2, 0.25) is 0 Å². The van der Waals surface area contributed by atoms with Gasteiger partial charge in [-0.15, -0.1) is 0 Å². The van der Waals surface area contributed by atoms with Gasteiger partial charge in [0.1, 0.15) is 5.82 Å². The maximum atomic E-state index is 13.3. The van der Waals surface area contributed by atoms with E-state index in [0.717, 1.165) is 19.3 Å². The summed E-state index contributed by atoms with van der Waals surface area (Å²) in [6.07, 6.45) is 3.34. The van der Waals surface area contributed by atoms with E-state index in [4.69, 9.17) is 5.11 Å². The van der Waals surface area contributed by atoms with E-state index in [-0.39, 0.29) is 18.6 Å². The van der Waals surface area contributed by atoms with Crippen LogP contribution in [0.1, 0.15) is 55.5 Å². The quantitative estimate of drug-likeness (QED) is 0.792. The van der Waals surface area contributed by atoms with Gasteiger partial charge < -0.3 is 10.4 Å². The second-order valence-corrected chi connectivity index (χ2v) is 4.98. The molecule has 0 bridgehead atoms. The van der Waals surface area contributed by atoms with Crippen LogP contribution in [-0.4, -0.2) is 23.7 Å². The lowest BCUT2D eigenvalue weighted by molar-refractivity contribution is 0.0937. The van der Waals surface area contributed by atoms with Gasteiger partial charge in [0.25, 0.3) is 5.91 Å². The molecule has 1 unspecified atom stereocenters. The van der Waals surface area contributed by atoms with Crippen molar-refractivity contribution < 1.29 is 14.3 Å². The third kappa shape index (κ3) is 5.97. The Kier molecular flexibility index (Phi) is 7.49. The molecule has 0 spiro atoms. The maximum Gasteiger partial charge on any atom is 0.252 e. The molecule has 0 saturated carbocycles. The lowest BCUT2D eigenvalue weighted by Gasteiger charge is -2.14. The summed E-state index contributed by atoms with van der Waals surface area (Å²) in [6, 6.07) is 4.01. The van der Waals surface area contributed by atoms with E-state index in [1.807, 2.05) is 6.92 Å². The van der Waals surface area contributed by atoms with Crippen molar-refractivity contribution in [3.8, 4) is 11.8 Å². The van der Waals surface area contributed by atoms with E-state index in [2.05, 4.69) is 24.1 Å². The van der Waals surface area contributed by atoms with Crippen molar-refractivity contribution in [2.75, 3.05) is 6.61 Å². The second-order valence-electron chi connectivity index (χ2n) is 4.98. The number of carbonyl (C=O) groups excluding carboxylic acids is 1. The topological polar surface area (TPSA) is 49.3 Å². The highest BCUT2D eigenvalue weighted by atomic mass is 19.1. The average molecular weight is 291 g/mol. The van der Waals surface area contributed by atoms with Gasteiger partial charge >= 0.3 is 0 Å². The Morgan fingerprint density at radius 2 is 2.24 bits per heavy atom. The zero-order valence-electron chi connectivity index (χ0n) is 12.6. The molecule has 0 aromatic heterocycles. The minimum Gasteiger partial charge on any atom is -0.395 e. The monoisotopic (exact) mass is 291 g/mol. The number of carbonyl (C=O) groups is 1. The zero-order chi connectivity index (χ0) is 15.7.